The number of benzene rings is 1. The first-order valence-corrected chi connectivity index (χ1v) is 9.69. The van der Waals surface area contributed by atoms with Crippen LogP contribution in [0.2, 0.25) is 5.02 Å². The highest BCUT2D eigenvalue weighted by Crippen LogP contribution is 2.21. The summed E-state index contributed by atoms with van der Waals surface area (Å²) in [5, 5.41) is 11.1. The highest BCUT2D eigenvalue weighted by atomic mass is 35.5. The average molecular weight is 404 g/mol. The van der Waals surface area contributed by atoms with E-state index in [0.29, 0.717) is 55.4 Å². The monoisotopic (exact) mass is 403 g/mol. The van der Waals surface area contributed by atoms with E-state index in [1.807, 2.05) is 0 Å². The third kappa shape index (κ3) is 3.78. The Morgan fingerprint density at radius 1 is 0.929 bits per heavy atom. The number of nitrogens with zero attached hydrogens (tertiary/aromatic N) is 3. The van der Waals surface area contributed by atoms with E-state index in [9.17, 15) is 14.7 Å². The Kier molecular flexibility index (Phi) is 5.39. The maximum absolute atomic E-state index is 12.7. The molecule has 0 saturated carbocycles. The summed E-state index contributed by atoms with van der Waals surface area (Å²) < 4.78 is 4.98. The van der Waals surface area contributed by atoms with Gasteiger partial charge in [0.15, 0.2) is 0 Å². The Bertz CT molecular complexity index is 832. The molecule has 28 heavy (non-hydrogen) atoms. The van der Waals surface area contributed by atoms with Crippen molar-refractivity contribution in [2.24, 2.45) is 0 Å². The predicted octanol–water partition coefficient (Wildman–Crippen LogP) is 1.58. The van der Waals surface area contributed by atoms with Gasteiger partial charge in [-0.05, 0) is 30.3 Å². The lowest BCUT2D eigenvalue weighted by Gasteiger charge is -2.38. The van der Waals surface area contributed by atoms with Crippen molar-refractivity contribution in [2.75, 3.05) is 39.3 Å². The number of halogens is 1. The average Bonchev–Trinajstić information content (AvgIpc) is 3.38. The zero-order chi connectivity index (χ0) is 19.7. The van der Waals surface area contributed by atoms with Crippen LogP contribution in [0.15, 0.2) is 47.3 Å². The van der Waals surface area contributed by atoms with Crippen LogP contribution in [0.5, 0.6) is 0 Å². The van der Waals surface area contributed by atoms with Crippen LogP contribution in [0.1, 0.15) is 20.7 Å². The van der Waals surface area contributed by atoms with E-state index < -0.39 is 6.10 Å². The molecule has 8 heteroatoms. The van der Waals surface area contributed by atoms with Gasteiger partial charge in [-0.3, -0.25) is 14.5 Å². The second kappa shape index (κ2) is 7.95. The minimum absolute atomic E-state index is 0.0417. The molecule has 2 saturated heterocycles. The first-order valence-electron chi connectivity index (χ1n) is 9.31. The molecule has 0 bridgehead atoms. The second-order valence-electron chi connectivity index (χ2n) is 7.19. The van der Waals surface area contributed by atoms with Crippen molar-refractivity contribution in [1.82, 2.24) is 14.7 Å². The van der Waals surface area contributed by atoms with Crippen molar-refractivity contribution in [3.05, 3.63) is 59.0 Å². The van der Waals surface area contributed by atoms with E-state index in [-0.39, 0.29) is 17.9 Å². The SMILES string of the molecule is O=C(c1ccoc1)N1CCN(C2CN(C(=O)c3ccc(Cl)cc3)CC2O)CC1. The highest BCUT2D eigenvalue weighted by Gasteiger charge is 2.39. The summed E-state index contributed by atoms with van der Waals surface area (Å²) in [6.45, 7) is 3.26. The summed E-state index contributed by atoms with van der Waals surface area (Å²) in [6.07, 6.45) is 2.34. The number of carbonyl (C=O) groups is 2. The van der Waals surface area contributed by atoms with Gasteiger partial charge in [0.1, 0.15) is 6.26 Å². The second-order valence-corrected chi connectivity index (χ2v) is 7.63. The molecule has 2 unspecified atom stereocenters. The summed E-state index contributed by atoms with van der Waals surface area (Å²) in [5.41, 5.74) is 1.11. The molecule has 2 amide bonds. The lowest BCUT2D eigenvalue weighted by molar-refractivity contribution is 0.0376. The van der Waals surface area contributed by atoms with Crippen LogP contribution in [0.25, 0.3) is 0 Å². The zero-order valence-corrected chi connectivity index (χ0v) is 16.1. The molecule has 2 fully saturated rings. The molecule has 3 heterocycles. The molecular weight excluding hydrogens is 382 g/mol. The molecule has 1 aromatic carbocycles. The van der Waals surface area contributed by atoms with E-state index >= 15 is 0 Å². The number of β-amino-alcohol motifs (C(OH)–C–C–N with tert-alkyl or cyclic N) is 1. The third-order valence-corrected chi connectivity index (χ3v) is 5.73. The van der Waals surface area contributed by atoms with Gasteiger partial charge in [0.2, 0.25) is 0 Å². The Morgan fingerprint density at radius 3 is 2.25 bits per heavy atom. The third-order valence-electron chi connectivity index (χ3n) is 5.48. The van der Waals surface area contributed by atoms with Gasteiger partial charge < -0.3 is 19.3 Å². The first-order chi connectivity index (χ1) is 13.5. The number of piperazine rings is 1. The van der Waals surface area contributed by atoms with Crippen LogP contribution in [0.3, 0.4) is 0 Å². The van der Waals surface area contributed by atoms with Gasteiger partial charge in [0, 0.05) is 49.9 Å². The summed E-state index contributed by atoms with van der Waals surface area (Å²) >= 11 is 5.89. The van der Waals surface area contributed by atoms with Crippen LogP contribution in [0.4, 0.5) is 0 Å². The van der Waals surface area contributed by atoms with Gasteiger partial charge in [-0.2, -0.15) is 0 Å². The molecule has 2 aromatic rings. The normalized spacial score (nSPS) is 23.2. The molecule has 1 N–H and O–H groups in total. The Labute approximate surface area is 168 Å². The van der Waals surface area contributed by atoms with E-state index in [0.717, 1.165) is 0 Å². The summed E-state index contributed by atoms with van der Waals surface area (Å²) in [6, 6.07) is 8.32. The minimum atomic E-state index is -0.604. The van der Waals surface area contributed by atoms with Gasteiger partial charge >= 0.3 is 0 Å². The largest absolute Gasteiger partial charge is 0.472 e. The number of rotatable bonds is 3. The van der Waals surface area contributed by atoms with E-state index in [1.54, 1.807) is 40.1 Å². The van der Waals surface area contributed by atoms with Crippen molar-refractivity contribution in [2.45, 2.75) is 12.1 Å². The molecule has 1 aromatic heterocycles. The number of hydrogen-bond donors (Lipinski definition) is 1. The van der Waals surface area contributed by atoms with Crippen LogP contribution in [-0.2, 0) is 0 Å². The number of aliphatic hydroxyl groups is 1. The number of furan rings is 1. The van der Waals surface area contributed by atoms with Gasteiger partial charge in [-0.25, -0.2) is 0 Å². The lowest BCUT2D eigenvalue weighted by atomic mass is 10.1. The Morgan fingerprint density at radius 2 is 1.61 bits per heavy atom. The number of likely N-dealkylation sites (tertiary alicyclic amines) is 1. The van der Waals surface area contributed by atoms with Crippen LogP contribution in [-0.4, -0.2) is 83.0 Å². The number of amides is 2. The van der Waals surface area contributed by atoms with E-state index in [2.05, 4.69) is 4.90 Å². The summed E-state index contributed by atoms with van der Waals surface area (Å²) in [7, 11) is 0. The topological polar surface area (TPSA) is 77.2 Å². The van der Waals surface area contributed by atoms with Crippen molar-refractivity contribution >= 4 is 23.4 Å². The lowest BCUT2D eigenvalue weighted by Crippen LogP contribution is -2.54. The summed E-state index contributed by atoms with van der Waals surface area (Å²) in [5.74, 6) is -0.146. The molecule has 4 rings (SSSR count). The van der Waals surface area contributed by atoms with Gasteiger partial charge in [0.05, 0.1) is 24.0 Å². The van der Waals surface area contributed by atoms with Crippen molar-refractivity contribution in [3.63, 3.8) is 0 Å². The van der Waals surface area contributed by atoms with E-state index in [4.69, 9.17) is 16.0 Å². The zero-order valence-electron chi connectivity index (χ0n) is 15.3. The quantitative estimate of drug-likeness (QED) is 0.841. The fraction of sp³-hybridized carbons (Fsp3) is 0.400. The van der Waals surface area contributed by atoms with Gasteiger partial charge in [-0.1, -0.05) is 11.6 Å². The molecule has 148 valence electrons. The smallest absolute Gasteiger partial charge is 0.257 e. The standard InChI is InChI=1S/C20H22ClN3O4/c21-16-3-1-14(2-4-16)19(26)24-11-17(18(25)12-24)22-6-8-23(9-7-22)20(27)15-5-10-28-13-15/h1-5,10,13,17-18,25H,6-9,11-12H2. The minimum Gasteiger partial charge on any atom is -0.472 e. The number of aliphatic hydroxyl groups excluding tert-OH is 1. The fourth-order valence-electron chi connectivity index (χ4n) is 3.89. The highest BCUT2D eigenvalue weighted by molar-refractivity contribution is 6.30. The van der Waals surface area contributed by atoms with Gasteiger partial charge in [0.25, 0.3) is 11.8 Å². The summed E-state index contributed by atoms with van der Waals surface area (Å²) in [4.78, 5) is 30.7. The van der Waals surface area contributed by atoms with Crippen LogP contribution in [0, 0.1) is 0 Å². The van der Waals surface area contributed by atoms with Crippen molar-refractivity contribution in [1.29, 1.82) is 0 Å². The first kappa shape index (κ1) is 19.0. The molecule has 2 atom stereocenters. The molecule has 0 radical (unpaired) electrons. The maximum atomic E-state index is 12.7. The number of hydrogen-bond acceptors (Lipinski definition) is 5. The maximum Gasteiger partial charge on any atom is 0.257 e. The molecular formula is C20H22ClN3O4. The van der Waals surface area contributed by atoms with Crippen molar-refractivity contribution < 1.29 is 19.1 Å². The van der Waals surface area contributed by atoms with Crippen molar-refractivity contribution in [3.8, 4) is 0 Å². The molecule has 7 nitrogen and oxygen atoms in total. The van der Waals surface area contributed by atoms with Crippen LogP contribution < -0.4 is 0 Å². The van der Waals surface area contributed by atoms with E-state index in [1.165, 1.54) is 12.5 Å². The van der Waals surface area contributed by atoms with Crippen LogP contribution >= 0.6 is 11.6 Å². The molecule has 2 aliphatic heterocycles. The Balaban J connectivity index is 1.35. The van der Waals surface area contributed by atoms with Gasteiger partial charge in [-0.15, -0.1) is 0 Å². The molecule has 0 spiro atoms. The fourth-order valence-corrected chi connectivity index (χ4v) is 4.02. The Hall–Kier alpha value is -2.35. The number of carbonyl (C=O) groups excluding carboxylic acids is 2. The molecule has 0 aliphatic carbocycles. The predicted molar refractivity (Wildman–Crippen MR) is 103 cm³/mol. The molecule has 2 aliphatic rings.